The van der Waals surface area contributed by atoms with Crippen LogP contribution in [-0.2, 0) is 6.54 Å². The van der Waals surface area contributed by atoms with E-state index in [0.29, 0.717) is 5.69 Å². The van der Waals surface area contributed by atoms with Gasteiger partial charge in [0.2, 0.25) is 0 Å². The van der Waals surface area contributed by atoms with Crippen LogP contribution < -0.4 is 0 Å². The van der Waals surface area contributed by atoms with Gasteiger partial charge in [0.15, 0.2) is 0 Å². The summed E-state index contributed by atoms with van der Waals surface area (Å²) in [6.45, 7) is 0.971. The largest absolute Gasteiger partial charge is 0.272 e. The average molecular weight is 365 g/mol. The zero-order chi connectivity index (χ0) is 18.9. The second-order valence-corrected chi connectivity index (χ2v) is 7.36. The molecule has 1 aliphatic rings. The number of pyridine rings is 2. The highest BCUT2D eigenvalue weighted by Gasteiger charge is 2.19. The van der Waals surface area contributed by atoms with Gasteiger partial charge in [-0.15, -0.1) is 0 Å². The Morgan fingerprint density at radius 1 is 1.11 bits per heavy atom. The first kappa shape index (κ1) is 16.6. The van der Waals surface area contributed by atoms with E-state index >= 15 is 0 Å². The first-order valence-electron chi connectivity index (χ1n) is 9.59. The molecular formula is C23H19N5. The molecule has 136 valence electrons. The van der Waals surface area contributed by atoms with Crippen LogP contribution >= 0.6 is 0 Å². The Hall–Kier alpha value is -3.52. The molecule has 5 rings (SSSR count). The van der Waals surface area contributed by atoms with Crippen molar-refractivity contribution in [2.75, 3.05) is 0 Å². The third-order valence-electron chi connectivity index (χ3n) is 5.50. The molecule has 3 heterocycles. The summed E-state index contributed by atoms with van der Waals surface area (Å²) in [4.78, 5) is 9.07. The van der Waals surface area contributed by atoms with Crippen molar-refractivity contribution in [1.29, 1.82) is 5.26 Å². The fourth-order valence-corrected chi connectivity index (χ4v) is 3.73. The quantitative estimate of drug-likeness (QED) is 0.519. The lowest BCUT2D eigenvalue weighted by atomic mass is 9.85. The zero-order valence-electron chi connectivity index (χ0n) is 15.4. The van der Waals surface area contributed by atoms with Crippen LogP contribution in [0.15, 0.2) is 61.1 Å². The summed E-state index contributed by atoms with van der Waals surface area (Å²) < 4.78 is 2.03. The van der Waals surface area contributed by atoms with Crippen LogP contribution in [-0.4, -0.2) is 19.7 Å². The van der Waals surface area contributed by atoms with Crippen LogP contribution in [0.1, 0.15) is 25.0 Å². The molecule has 0 unspecified atom stereocenters. The molecule has 0 aliphatic heterocycles. The number of rotatable bonds is 4. The summed E-state index contributed by atoms with van der Waals surface area (Å²) >= 11 is 0. The number of fused-ring (bicyclic) bond motifs is 1. The maximum atomic E-state index is 9.34. The van der Waals surface area contributed by atoms with Crippen molar-refractivity contribution in [3.05, 3.63) is 66.7 Å². The van der Waals surface area contributed by atoms with E-state index in [1.54, 1.807) is 12.3 Å². The van der Waals surface area contributed by atoms with E-state index in [4.69, 9.17) is 0 Å². The van der Waals surface area contributed by atoms with Crippen LogP contribution in [0, 0.1) is 17.2 Å². The fraction of sp³-hybridized carbons (Fsp3) is 0.217. The van der Waals surface area contributed by atoms with Gasteiger partial charge in [-0.1, -0.05) is 24.6 Å². The Balaban J connectivity index is 1.59. The Morgan fingerprint density at radius 2 is 2.04 bits per heavy atom. The average Bonchev–Trinajstić information content (AvgIpc) is 3.18. The van der Waals surface area contributed by atoms with E-state index < -0.39 is 0 Å². The molecule has 0 bridgehead atoms. The molecule has 3 aromatic heterocycles. The molecule has 1 fully saturated rings. The van der Waals surface area contributed by atoms with Gasteiger partial charge in [0.05, 0.1) is 17.4 Å². The topological polar surface area (TPSA) is 67.4 Å². The van der Waals surface area contributed by atoms with Gasteiger partial charge < -0.3 is 0 Å². The summed E-state index contributed by atoms with van der Waals surface area (Å²) in [7, 11) is 0. The van der Waals surface area contributed by atoms with E-state index in [2.05, 4.69) is 27.3 Å². The highest BCUT2D eigenvalue weighted by molar-refractivity contribution is 5.87. The number of nitrogens with zero attached hydrogens (tertiary/aromatic N) is 5. The summed E-state index contributed by atoms with van der Waals surface area (Å²) in [6, 6.07) is 16.0. The van der Waals surface area contributed by atoms with Crippen molar-refractivity contribution in [2.24, 2.45) is 5.92 Å². The lowest BCUT2D eigenvalue weighted by molar-refractivity contribution is 0.266. The summed E-state index contributed by atoms with van der Waals surface area (Å²) in [5.74, 6) is 0.748. The van der Waals surface area contributed by atoms with Crippen molar-refractivity contribution in [3.8, 4) is 28.5 Å². The smallest absolute Gasteiger partial charge is 0.141 e. The van der Waals surface area contributed by atoms with Gasteiger partial charge in [0.25, 0.3) is 0 Å². The number of hydrogen-bond acceptors (Lipinski definition) is 4. The molecule has 0 amide bonds. The van der Waals surface area contributed by atoms with Gasteiger partial charge in [-0.2, -0.15) is 10.4 Å². The van der Waals surface area contributed by atoms with Crippen molar-refractivity contribution >= 4 is 10.9 Å². The van der Waals surface area contributed by atoms with Gasteiger partial charge in [-0.3, -0.25) is 9.67 Å². The van der Waals surface area contributed by atoms with Gasteiger partial charge in [-0.25, -0.2) is 4.98 Å². The highest BCUT2D eigenvalue weighted by atomic mass is 15.3. The van der Waals surface area contributed by atoms with Crippen LogP contribution in [0.3, 0.4) is 0 Å². The minimum atomic E-state index is 0.404. The molecule has 0 radical (unpaired) electrons. The van der Waals surface area contributed by atoms with Gasteiger partial charge in [-0.05, 0) is 43.0 Å². The normalized spacial score (nSPS) is 14.0. The highest BCUT2D eigenvalue weighted by Crippen LogP contribution is 2.33. The van der Waals surface area contributed by atoms with Crippen molar-refractivity contribution in [2.45, 2.75) is 25.8 Å². The lowest BCUT2D eigenvalue weighted by Crippen LogP contribution is -2.18. The maximum Gasteiger partial charge on any atom is 0.141 e. The third-order valence-corrected chi connectivity index (χ3v) is 5.50. The molecule has 0 saturated heterocycles. The number of aromatic nitrogens is 4. The van der Waals surface area contributed by atoms with Gasteiger partial charge in [0.1, 0.15) is 11.8 Å². The monoisotopic (exact) mass is 365 g/mol. The van der Waals surface area contributed by atoms with Crippen molar-refractivity contribution in [3.63, 3.8) is 0 Å². The Labute approximate surface area is 163 Å². The van der Waals surface area contributed by atoms with Crippen LogP contribution in [0.25, 0.3) is 33.3 Å². The third kappa shape index (κ3) is 3.03. The molecule has 4 aromatic rings. The maximum absolute atomic E-state index is 9.34. The lowest BCUT2D eigenvalue weighted by Gasteiger charge is -2.24. The molecule has 5 heteroatoms. The predicted molar refractivity (Wildman–Crippen MR) is 108 cm³/mol. The van der Waals surface area contributed by atoms with E-state index in [-0.39, 0.29) is 0 Å². The molecule has 0 N–H and O–H groups in total. The van der Waals surface area contributed by atoms with Gasteiger partial charge in [0, 0.05) is 41.0 Å². The van der Waals surface area contributed by atoms with Crippen LogP contribution in [0.2, 0.25) is 0 Å². The molecule has 1 saturated carbocycles. The standard InChI is InChI=1S/C23H19N5/c24-12-20-8-9-21(19-13-26-28(15-19)14-16-3-1-4-16)23(27-20)18-7-6-17-5-2-10-25-22(17)11-18/h2,5-11,13,15-16H,1,3-4,14H2. The second-order valence-electron chi connectivity index (χ2n) is 7.36. The zero-order valence-corrected chi connectivity index (χ0v) is 15.4. The molecule has 28 heavy (non-hydrogen) atoms. The fourth-order valence-electron chi connectivity index (χ4n) is 3.73. The molecular weight excluding hydrogens is 346 g/mol. The number of hydrogen-bond donors (Lipinski definition) is 0. The second kappa shape index (κ2) is 6.90. The first-order chi connectivity index (χ1) is 13.8. The van der Waals surface area contributed by atoms with Crippen LogP contribution in [0.4, 0.5) is 0 Å². The number of nitriles is 1. The van der Waals surface area contributed by atoms with Crippen molar-refractivity contribution in [1.82, 2.24) is 19.7 Å². The van der Waals surface area contributed by atoms with E-state index in [0.717, 1.165) is 45.7 Å². The Bertz CT molecular complexity index is 1200. The molecule has 1 aromatic carbocycles. The Kier molecular flexibility index (Phi) is 4.10. The Morgan fingerprint density at radius 3 is 2.86 bits per heavy atom. The number of benzene rings is 1. The summed E-state index contributed by atoms with van der Waals surface area (Å²) in [6.07, 6.45) is 9.69. The van der Waals surface area contributed by atoms with E-state index in [1.807, 2.05) is 47.3 Å². The molecule has 5 nitrogen and oxygen atoms in total. The summed E-state index contributed by atoms with van der Waals surface area (Å²) in [5, 5.41) is 15.0. The van der Waals surface area contributed by atoms with E-state index in [1.165, 1.54) is 19.3 Å². The minimum Gasteiger partial charge on any atom is -0.272 e. The van der Waals surface area contributed by atoms with Crippen LogP contribution in [0.5, 0.6) is 0 Å². The minimum absolute atomic E-state index is 0.404. The predicted octanol–water partition coefficient (Wildman–Crippen LogP) is 4.83. The van der Waals surface area contributed by atoms with Gasteiger partial charge >= 0.3 is 0 Å². The van der Waals surface area contributed by atoms with E-state index in [9.17, 15) is 5.26 Å². The summed E-state index contributed by atoms with van der Waals surface area (Å²) in [5.41, 5.74) is 5.05. The molecule has 1 aliphatic carbocycles. The van der Waals surface area contributed by atoms with Crippen molar-refractivity contribution < 1.29 is 0 Å². The molecule has 0 spiro atoms. The SMILES string of the molecule is N#Cc1ccc(-c2cnn(CC3CCC3)c2)c(-c2ccc3cccnc3c2)n1. The first-order valence-corrected chi connectivity index (χ1v) is 9.59. The molecule has 0 atom stereocenters.